The molecule has 1 saturated heterocycles. The van der Waals surface area contributed by atoms with Gasteiger partial charge in [-0.25, -0.2) is 4.79 Å². The van der Waals surface area contributed by atoms with Gasteiger partial charge in [0.2, 0.25) is 0 Å². The van der Waals surface area contributed by atoms with Crippen molar-refractivity contribution in [1.82, 2.24) is 24.1 Å². The van der Waals surface area contributed by atoms with E-state index in [0.717, 1.165) is 32.5 Å². The number of urea groups is 1. The van der Waals surface area contributed by atoms with E-state index in [1.807, 2.05) is 55.3 Å². The normalized spacial score (nSPS) is 17.7. The van der Waals surface area contributed by atoms with Gasteiger partial charge >= 0.3 is 6.03 Å². The third-order valence-corrected chi connectivity index (χ3v) is 4.49. The molecule has 130 valence electrons. The monoisotopic (exact) mass is 330 g/mol. The summed E-state index contributed by atoms with van der Waals surface area (Å²) in [5, 5.41) is 7.36. The fraction of sp³-hybridized carbons (Fsp3) is 0.529. The van der Waals surface area contributed by atoms with Crippen LogP contribution >= 0.6 is 0 Å². The molecule has 0 bridgehead atoms. The second-order valence-electron chi connectivity index (χ2n) is 6.59. The minimum Gasteiger partial charge on any atom is -0.353 e. The number of hydrogen-bond acceptors (Lipinski definition) is 3. The minimum absolute atomic E-state index is 0.0726. The predicted octanol–water partition coefficient (Wildman–Crippen LogP) is 2.15. The first-order chi connectivity index (χ1) is 11.5. The van der Waals surface area contributed by atoms with E-state index in [-0.39, 0.29) is 12.1 Å². The molecule has 2 aromatic rings. The fourth-order valence-corrected chi connectivity index (χ4v) is 3.17. The van der Waals surface area contributed by atoms with Gasteiger partial charge in [-0.1, -0.05) is 0 Å². The summed E-state index contributed by atoms with van der Waals surface area (Å²) in [5.41, 5.74) is 1.18. The predicted molar refractivity (Wildman–Crippen MR) is 93.9 cm³/mol. The second-order valence-corrected chi connectivity index (χ2v) is 6.59. The van der Waals surface area contributed by atoms with Crippen LogP contribution in [0, 0.1) is 0 Å². The summed E-state index contributed by atoms with van der Waals surface area (Å²) in [4.78, 5) is 16.7. The van der Waals surface area contributed by atoms with Crippen molar-refractivity contribution in [2.75, 3.05) is 32.5 Å². The molecule has 24 heavy (non-hydrogen) atoms. The molecular formula is C17H26N6O. The molecule has 0 saturated carbocycles. The number of carbonyl (C=O) groups is 1. The van der Waals surface area contributed by atoms with Crippen molar-refractivity contribution in [2.45, 2.75) is 25.4 Å². The number of carbonyl (C=O) groups excluding carboxylic acids is 1. The number of aryl methyl sites for hydroxylation is 1. The maximum Gasteiger partial charge on any atom is 0.323 e. The Bertz CT molecular complexity index is 689. The van der Waals surface area contributed by atoms with Gasteiger partial charge in [-0.3, -0.25) is 10.00 Å². The van der Waals surface area contributed by atoms with Gasteiger partial charge in [-0.2, -0.15) is 5.10 Å². The molecule has 1 fully saturated rings. The quantitative estimate of drug-likeness (QED) is 0.914. The lowest BCUT2D eigenvalue weighted by Gasteiger charge is -2.25. The first-order valence-electron chi connectivity index (χ1n) is 8.41. The van der Waals surface area contributed by atoms with Crippen LogP contribution in [0.2, 0.25) is 0 Å². The Morgan fingerprint density at radius 3 is 2.92 bits per heavy atom. The summed E-state index contributed by atoms with van der Waals surface area (Å²) in [5.74, 6) is 0.608. The lowest BCUT2D eigenvalue weighted by Crippen LogP contribution is -2.35. The number of nitrogens with zero attached hydrogens (tertiary/aromatic N) is 5. The van der Waals surface area contributed by atoms with Gasteiger partial charge in [0.15, 0.2) is 5.82 Å². The maximum atomic E-state index is 12.7. The Morgan fingerprint density at radius 1 is 1.38 bits per heavy atom. The summed E-state index contributed by atoms with van der Waals surface area (Å²) in [6.07, 6.45) is 5.96. The number of amides is 2. The van der Waals surface area contributed by atoms with Crippen molar-refractivity contribution in [3.8, 4) is 0 Å². The van der Waals surface area contributed by atoms with Crippen molar-refractivity contribution in [3.63, 3.8) is 0 Å². The number of aromatic nitrogens is 3. The van der Waals surface area contributed by atoms with Gasteiger partial charge in [-0.05, 0) is 39.1 Å². The third kappa shape index (κ3) is 3.62. The highest BCUT2D eigenvalue weighted by atomic mass is 16.2. The average Bonchev–Trinajstić information content (AvgIpc) is 3.24. The van der Waals surface area contributed by atoms with E-state index in [1.165, 1.54) is 5.69 Å². The molecule has 1 unspecified atom stereocenters. The van der Waals surface area contributed by atoms with Gasteiger partial charge in [0.1, 0.15) is 0 Å². The van der Waals surface area contributed by atoms with Crippen LogP contribution in [-0.4, -0.2) is 57.4 Å². The summed E-state index contributed by atoms with van der Waals surface area (Å²) >= 11 is 0. The molecule has 3 heterocycles. The van der Waals surface area contributed by atoms with Crippen molar-refractivity contribution < 1.29 is 4.79 Å². The SMILES string of the molecule is CN(C)CCn1ccc(NC(=O)N2CCCC2c2cccn2C)n1. The lowest BCUT2D eigenvalue weighted by molar-refractivity contribution is 0.205. The highest BCUT2D eigenvalue weighted by Crippen LogP contribution is 2.32. The van der Waals surface area contributed by atoms with E-state index in [2.05, 4.69) is 25.9 Å². The fourth-order valence-electron chi connectivity index (χ4n) is 3.17. The molecule has 7 heteroatoms. The molecule has 1 N–H and O–H groups in total. The van der Waals surface area contributed by atoms with Gasteiger partial charge in [-0.15, -0.1) is 0 Å². The Balaban J connectivity index is 1.63. The zero-order chi connectivity index (χ0) is 17.1. The molecule has 2 aromatic heterocycles. The van der Waals surface area contributed by atoms with Crippen molar-refractivity contribution in [3.05, 3.63) is 36.3 Å². The number of nitrogens with one attached hydrogen (secondary N) is 1. The number of hydrogen-bond donors (Lipinski definition) is 1. The van der Waals surface area contributed by atoms with Crippen molar-refractivity contribution >= 4 is 11.8 Å². The van der Waals surface area contributed by atoms with Gasteiger partial charge in [0, 0.05) is 44.3 Å². The van der Waals surface area contributed by atoms with E-state index in [4.69, 9.17) is 0 Å². The van der Waals surface area contributed by atoms with Crippen LogP contribution in [0.15, 0.2) is 30.6 Å². The van der Waals surface area contributed by atoms with Gasteiger partial charge in [0.05, 0.1) is 12.6 Å². The van der Waals surface area contributed by atoms with Gasteiger partial charge in [0.25, 0.3) is 0 Å². The number of rotatable bonds is 5. The highest BCUT2D eigenvalue weighted by Gasteiger charge is 2.31. The Kier molecular flexibility index (Phi) is 4.89. The average molecular weight is 330 g/mol. The molecule has 1 aliphatic rings. The number of likely N-dealkylation sites (tertiary alicyclic amines) is 1. The first-order valence-corrected chi connectivity index (χ1v) is 8.41. The van der Waals surface area contributed by atoms with Crippen LogP contribution in [-0.2, 0) is 13.6 Å². The van der Waals surface area contributed by atoms with Crippen LogP contribution in [0.3, 0.4) is 0 Å². The van der Waals surface area contributed by atoms with Crippen LogP contribution in [0.1, 0.15) is 24.6 Å². The Hall–Kier alpha value is -2.28. The number of likely N-dealkylation sites (N-methyl/N-ethyl adjacent to an activating group) is 1. The van der Waals surface area contributed by atoms with E-state index < -0.39 is 0 Å². The minimum atomic E-state index is -0.0726. The second kappa shape index (κ2) is 7.09. The molecule has 2 amide bonds. The van der Waals surface area contributed by atoms with E-state index >= 15 is 0 Å². The van der Waals surface area contributed by atoms with Gasteiger partial charge < -0.3 is 14.4 Å². The standard InChI is InChI=1S/C17H26N6O/c1-20(2)12-13-22-11-8-16(19-22)18-17(24)23-10-5-7-15(23)14-6-4-9-21(14)3/h4,6,8-9,11,15H,5,7,10,12-13H2,1-3H3,(H,18,19,24). The Labute approximate surface area is 142 Å². The largest absolute Gasteiger partial charge is 0.353 e. The zero-order valence-corrected chi connectivity index (χ0v) is 14.6. The van der Waals surface area contributed by atoms with E-state index in [9.17, 15) is 4.79 Å². The third-order valence-electron chi connectivity index (χ3n) is 4.49. The summed E-state index contributed by atoms with van der Waals surface area (Å²) in [6, 6.07) is 6.03. The maximum absolute atomic E-state index is 12.7. The molecule has 0 spiro atoms. The molecule has 1 aliphatic heterocycles. The molecule has 0 radical (unpaired) electrons. The van der Waals surface area contributed by atoms with Crippen LogP contribution in [0.25, 0.3) is 0 Å². The first kappa shape index (κ1) is 16.6. The molecule has 0 aromatic carbocycles. The number of anilines is 1. The topological polar surface area (TPSA) is 58.3 Å². The van der Waals surface area contributed by atoms with Crippen molar-refractivity contribution in [2.24, 2.45) is 7.05 Å². The molecule has 0 aliphatic carbocycles. The molecule has 7 nitrogen and oxygen atoms in total. The van der Waals surface area contributed by atoms with Crippen LogP contribution < -0.4 is 5.32 Å². The lowest BCUT2D eigenvalue weighted by atomic mass is 10.1. The zero-order valence-electron chi connectivity index (χ0n) is 14.6. The van der Waals surface area contributed by atoms with E-state index in [1.54, 1.807) is 0 Å². The van der Waals surface area contributed by atoms with Crippen LogP contribution in [0.5, 0.6) is 0 Å². The Morgan fingerprint density at radius 2 is 2.21 bits per heavy atom. The molecular weight excluding hydrogens is 304 g/mol. The van der Waals surface area contributed by atoms with Crippen molar-refractivity contribution in [1.29, 1.82) is 0 Å². The van der Waals surface area contributed by atoms with Crippen LogP contribution in [0.4, 0.5) is 10.6 Å². The summed E-state index contributed by atoms with van der Waals surface area (Å²) < 4.78 is 3.94. The molecule has 3 rings (SSSR count). The molecule has 1 atom stereocenters. The summed E-state index contributed by atoms with van der Waals surface area (Å²) in [6.45, 7) is 2.50. The highest BCUT2D eigenvalue weighted by molar-refractivity contribution is 5.88. The summed E-state index contributed by atoms with van der Waals surface area (Å²) in [7, 11) is 6.09. The van der Waals surface area contributed by atoms with E-state index in [0.29, 0.717) is 5.82 Å². The smallest absolute Gasteiger partial charge is 0.323 e.